The summed E-state index contributed by atoms with van der Waals surface area (Å²) in [5.41, 5.74) is 0.924. The summed E-state index contributed by atoms with van der Waals surface area (Å²) in [7, 11) is 4.18. The first-order valence-electron chi connectivity index (χ1n) is 8.83. The Morgan fingerprint density at radius 1 is 0.966 bits per heavy atom. The molecular formula is C21H23NO7. The van der Waals surface area contributed by atoms with Gasteiger partial charge >= 0.3 is 5.97 Å². The fraction of sp³-hybridized carbons (Fsp3) is 0.286. The molecule has 2 N–H and O–H groups in total. The number of nitrogens with one attached hydrogen (secondary N) is 1. The van der Waals surface area contributed by atoms with E-state index in [4.69, 9.17) is 14.2 Å². The number of methoxy groups -OCH3 is 3. The SMILES string of the molecule is COc1cc(C(=O)C(=O)NC(CCc2ccccc2)C(=O)O)cc(OC)c1OC. The molecule has 0 spiro atoms. The van der Waals surface area contributed by atoms with Crippen LogP contribution >= 0.6 is 0 Å². The van der Waals surface area contributed by atoms with Gasteiger partial charge in [-0.1, -0.05) is 30.3 Å². The van der Waals surface area contributed by atoms with Crippen LogP contribution in [0, 0.1) is 0 Å². The van der Waals surface area contributed by atoms with E-state index in [0.717, 1.165) is 5.56 Å². The van der Waals surface area contributed by atoms with Crippen molar-refractivity contribution in [2.45, 2.75) is 18.9 Å². The topological polar surface area (TPSA) is 111 Å². The zero-order chi connectivity index (χ0) is 21.4. The van der Waals surface area contributed by atoms with E-state index in [1.165, 1.54) is 33.5 Å². The molecule has 1 amide bonds. The molecule has 29 heavy (non-hydrogen) atoms. The molecule has 0 fully saturated rings. The monoisotopic (exact) mass is 401 g/mol. The number of hydrogen-bond acceptors (Lipinski definition) is 6. The van der Waals surface area contributed by atoms with Crippen LogP contribution in [0.1, 0.15) is 22.3 Å². The van der Waals surface area contributed by atoms with Crippen molar-refractivity contribution in [3.05, 3.63) is 53.6 Å². The van der Waals surface area contributed by atoms with Gasteiger partial charge in [-0.15, -0.1) is 0 Å². The Balaban J connectivity index is 2.15. The van der Waals surface area contributed by atoms with Gasteiger partial charge in [-0.2, -0.15) is 0 Å². The molecule has 8 heteroatoms. The molecule has 8 nitrogen and oxygen atoms in total. The van der Waals surface area contributed by atoms with Crippen molar-refractivity contribution in [1.29, 1.82) is 0 Å². The van der Waals surface area contributed by atoms with Gasteiger partial charge in [0.05, 0.1) is 21.3 Å². The van der Waals surface area contributed by atoms with E-state index in [1.807, 2.05) is 30.3 Å². The summed E-state index contributed by atoms with van der Waals surface area (Å²) in [6.07, 6.45) is 0.587. The molecule has 0 aliphatic carbocycles. The second-order valence-corrected chi connectivity index (χ2v) is 6.13. The lowest BCUT2D eigenvalue weighted by Gasteiger charge is -2.16. The predicted molar refractivity (Wildman–Crippen MR) is 105 cm³/mol. The van der Waals surface area contributed by atoms with E-state index in [-0.39, 0.29) is 29.2 Å². The van der Waals surface area contributed by atoms with Crippen LogP contribution in [0.15, 0.2) is 42.5 Å². The maximum absolute atomic E-state index is 12.6. The number of aryl methyl sites for hydroxylation is 1. The molecule has 0 heterocycles. The Morgan fingerprint density at radius 3 is 2.03 bits per heavy atom. The molecule has 154 valence electrons. The second kappa shape index (κ2) is 10.1. The average molecular weight is 401 g/mol. The smallest absolute Gasteiger partial charge is 0.326 e. The van der Waals surface area contributed by atoms with Gasteiger partial charge in [0.15, 0.2) is 11.5 Å². The fourth-order valence-corrected chi connectivity index (χ4v) is 2.78. The van der Waals surface area contributed by atoms with Gasteiger partial charge in [0.2, 0.25) is 11.5 Å². The number of benzene rings is 2. The van der Waals surface area contributed by atoms with Crippen LogP contribution in [-0.2, 0) is 16.0 Å². The minimum Gasteiger partial charge on any atom is -0.493 e. The van der Waals surface area contributed by atoms with Crippen LogP contribution in [0.5, 0.6) is 17.2 Å². The molecule has 0 saturated heterocycles. The molecular weight excluding hydrogens is 378 g/mol. The lowest BCUT2D eigenvalue weighted by atomic mass is 10.0. The van der Waals surface area contributed by atoms with Crippen molar-refractivity contribution in [2.24, 2.45) is 0 Å². The van der Waals surface area contributed by atoms with Crippen molar-refractivity contribution in [2.75, 3.05) is 21.3 Å². The van der Waals surface area contributed by atoms with Crippen molar-refractivity contribution in [1.82, 2.24) is 5.32 Å². The Morgan fingerprint density at radius 2 is 1.55 bits per heavy atom. The van der Waals surface area contributed by atoms with Crippen molar-refractivity contribution in [3.8, 4) is 17.2 Å². The Hall–Kier alpha value is -3.55. The third-order valence-electron chi connectivity index (χ3n) is 4.30. The van der Waals surface area contributed by atoms with Crippen LogP contribution in [0.2, 0.25) is 0 Å². The minimum absolute atomic E-state index is 0.0100. The van der Waals surface area contributed by atoms with E-state index in [1.54, 1.807) is 0 Å². The summed E-state index contributed by atoms with van der Waals surface area (Å²) in [5.74, 6) is -2.45. The number of ketones is 1. The maximum Gasteiger partial charge on any atom is 0.326 e. The fourth-order valence-electron chi connectivity index (χ4n) is 2.78. The summed E-state index contributed by atoms with van der Waals surface area (Å²) >= 11 is 0. The number of amides is 1. The number of Topliss-reactive ketones (excluding diaryl/α,β-unsaturated/α-hetero) is 1. The highest BCUT2D eigenvalue weighted by atomic mass is 16.5. The van der Waals surface area contributed by atoms with E-state index in [0.29, 0.717) is 6.42 Å². The number of ether oxygens (including phenoxy) is 3. The van der Waals surface area contributed by atoms with Gasteiger partial charge in [0, 0.05) is 5.56 Å². The number of aliphatic carboxylic acids is 1. The average Bonchev–Trinajstić information content (AvgIpc) is 2.75. The highest BCUT2D eigenvalue weighted by molar-refractivity contribution is 6.43. The molecule has 0 aliphatic heterocycles. The molecule has 0 bridgehead atoms. The van der Waals surface area contributed by atoms with Gasteiger partial charge in [-0.25, -0.2) is 4.79 Å². The Bertz CT molecular complexity index is 855. The number of carboxylic acids is 1. The first-order chi connectivity index (χ1) is 13.9. The van der Waals surface area contributed by atoms with E-state index >= 15 is 0 Å². The number of carbonyl (C=O) groups is 3. The molecule has 1 unspecified atom stereocenters. The number of carbonyl (C=O) groups excluding carboxylic acids is 2. The van der Waals surface area contributed by atoms with Crippen molar-refractivity contribution >= 4 is 17.7 Å². The van der Waals surface area contributed by atoms with E-state index in [9.17, 15) is 19.5 Å². The molecule has 0 saturated carbocycles. The molecule has 2 rings (SSSR count). The standard InChI is InChI=1S/C21H23NO7/c1-27-16-11-14(12-17(28-2)19(16)29-3)18(23)20(24)22-15(21(25)26)10-9-13-7-5-4-6-8-13/h4-8,11-12,15H,9-10H2,1-3H3,(H,22,24)(H,25,26). The van der Waals surface area contributed by atoms with Gasteiger partial charge in [-0.05, 0) is 30.5 Å². The van der Waals surface area contributed by atoms with Crippen LogP contribution in [-0.4, -0.2) is 50.1 Å². The minimum atomic E-state index is -1.22. The Labute approximate surface area is 168 Å². The van der Waals surface area contributed by atoms with E-state index < -0.39 is 23.7 Å². The molecule has 2 aromatic rings. The summed E-state index contributed by atoms with van der Waals surface area (Å²) in [6, 6.07) is 10.7. The first-order valence-corrected chi connectivity index (χ1v) is 8.83. The van der Waals surface area contributed by atoms with Crippen LogP contribution in [0.4, 0.5) is 0 Å². The largest absolute Gasteiger partial charge is 0.493 e. The summed E-state index contributed by atoms with van der Waals surface area (Å²) in [5, 5.41) is 11.7. The van der Waals surface area contributed by atoms with Crippen LogP contribution in [0.25, 0.3) is 0 Å². The van der Waals surface area contributed by atoms with Gasteiger partial charge in [0.1, 0.15) is 6.04 Å². The van der Waals surface area contributed by atoms with Gasteiger partial charge < -0.3 is 24.6 Å². The number of hydrogen-bond donors (Lipinski definition) is 2. The van der Waals surface area contributed by atoms with Crippen molar-refractivity contribution in [3.63, 3.8) is 0 Å². The third kappa shape index (κ3) is 5.47. The quantitative estimate of drug-likeness (QED) is 0.463. The highest BCUT2D eigenvalue weighted by Gasteiger charge is 2.26. The predicted octanol–water partition coefficient (Wildman–Crippen LogP) is 2.10. The summed E-state index contributed by atoms with van der Waals surface area (Å²) < 4.78 is 15.5. The Kier molecular flexibility index (Phi) is 7.59. The maximum atomic E-state index is 12.6. The number of carboxylic acid groups (broad SMARTS) is 1. The second-order valence-electron chi connectivity index (χ2n) is 6.13. The third-order valence-corrected chi connectivity index (χ3v) is 4.30. The lowest BCUT2D eigenvalue weighted by Crippen LogP contribution is -2.44. The van der Waals surface area contributed by atoms with Crippen molar-refractivity contribution < 1.29 is 33.7 Å². The molecule has 0 aromatic heterocycles. The number of rotatable bonds is 10. The summed E-state index contributed by atoms with van der Waals surface area (Å²) in [6.45, 7) is 0. The van der Waals surface area contributed by atoms with E-state index in [2.05, 4.69) is 5.32 Å². The van der Waals surface area contributed by atoms with Crippen LogP contribution in [0.3, 0.4) is 0 Å². The molecule has 0 aliphatic rings. The highest BCUT2D eigenvalue weighted by Crippen LogP contribution is 2.38. The summed E-state index contributed by atoms with van der Waals surface area (Å²) in [4.78, 5) is 36.5. The van der Waals surface area contributed by atoms with Gasteiger partial charge in [-0.3, -0.25) is 9.59 Å². The van der Waals surface area contributed by atoms with Gasteiger partial charge in [0.25, 0.3) is 5.91 Å². The first kappa shape index (κ1) is 21.7. The zero-order valence-electron chi connectivity index (χ0n) is 16.4. The molecule has 0 radical (unpaired) electrons. The molecule has 2 aromatic carbocycles. The normalized spacial score (nSPS) is 11.3. The molecule has 1 atom stereocenters. The zero-order valence-corrected chi connectivity index (χ0v) is 16.4. The lowest BCUT2D eigenvalue weighted by molar-refractivity contribution is -0.141. The van der Waals surface area contributed by atoms with Crippen LogP contribution < -0.4 is 19.5 Å².